The third-order valence-corrected chi connectivity index (χ3v) is 6.74. The van der Waals surface area contributed by atoms with E-state index in [0.29, 0.717) is 19.0 Å². The van der Waals surface area contributed by atoms with E-state index in [1.54, 1.807) is 4.31 Å². The van der Waals surface area contributed by atoms with E-state index in [4.69, 9.17) is 0 Å². The number of nitrogens with zero attached hydrogens (tertiary/aromatic N) is 1. The van der Waals surface area contributed by atoms with E-state index in [-0.39, 0.29) is 5.54 Å². The second-order valence-electron chi connectivity index (χ2n) is 7.35. The molecule has 4 nitrogen and oxygen atoms in total. The Morgan fingerprint density at radius 3 is 2.87 bits per heavy atom. The molecule has 2 aliphatic rings. The molecular weight excluding hydrogens is 308 g/mol. The predicted molar refractivity (Wildman–Crippen MR) is 93.9 cm³/mol. The number of aryl methyl sites for hydroxylation is 1. The second kappa shape index (κ2) is 6.54. The van der Waals surface area contributed by atoms with Crippen molar-refractivity contribution in [3.8, 4) is 0 Å². The van der Waals surface area contributed by atoms with Crippen LogP contribution < -0.4 is 5.32 Å². The molecule has 128 valence electrons. The summed E-state index contributed by atoms with van der Waals surface area (Å²) in [7, 11) is -3.06. The number of fused-ring (bicyclic) bond motifs is 1. The first-order chi connectivity index (χ1) is 10.9. The van der Waals surface area contributed by atoms with Crippen LogP contribution in [-0.4, -0.2) is 38.6 Å². The summed E-state index contributed by atoms with van der Waals surface area (Å²) in [6, 6.07) is 8.72. The van der Waals surface area contributed by atoms with E-state index in [1.807, 2.05) is 0 Å². The van der Waals surface area contributed by atoms with E-state index in [0.717, 1.165) is 25.8 Å². The Labute approximate surface area is 140 Å². The van der Waals surface area contributed by atoms with E-state index < -0.39 is 10.0 Å². The SMILES string of the molecule is C[C@]1(NC[C@@H]2CCCN(S(C)(=O)=O)C2)CCCc2ccccc21. The largest absolute Gasteiger partial charge is 0.307 e. The van der Waals surface area contributed by atoms with Crippen molar-refractivity contribution >= 4 is 10.0 Å². The summed E-state index contributed by atoms with van der Waals surface area (Å²) < 4.78 is 25.2. The zero-order chi connectivity index (χ0) is 16.5. The summed E-state index contributed by atoms with van der Waals surface area (Å²) in [5.41, 5.74) is 2.89. The zero-order valence-corrected chi connectivity index (χ0v) is 15.0. The van der Waals surface area contributed by atoms with Crippen molar-refractivity contribution in [2.45, 2.75) is 44.6 Å². The fourth-order valence-electron chi connectivity index (χ4n) is 4.09. The molecule has 0 saturated carbocycles. The number of rotatable bonds is 4. The Kier molecular flexibility index (Phi) is 4.81. The van der Waals surface area contributed by atoms with Crippen LogP contribution in [-0.2, 0) is 22.0 Å². The van der Waals surface area contributed by atoms with Gasteiger partial charge in [-0.25, -0.2) is 12.7 Å². The first-order valence-corrected chi connectivity index (χ1v) is 10.5. The summed E-state index contributed by atoms with van der Waals surface area (Å²) in [5.74, 6) is 0.407. The zero-order valence-electron chi connectivity index (χ0n) is 14.2. The van der Waals surface area contributed by atoms with Gasteiger partial charge in [0.15, 0.2) is 0 Å². The highest BCUT2D eigenvalue weighted by molar-refractivity contribution is 7.88. The quantitative estimate of drug-likeness (QED) is 0.919. The number of benzene rings is 1. The van der Waals surface area contributed by atoms with Gasteiger partial charge in [-0.05, 0) is 56.1 Å². The molecule has 1 aliphatic carbocycles. The molecule has 2 atom stereocenters. The molecule has 1 N–H and O–H groups in total. The first-order valence-electron chi connectivity index (χ1n) is 8.67. The molecule has 1 aromatic carbocycles. The molecular formula is C18H28N2O2S. The van der Waals surface area contributed by atoms with Gasteiger partial charge in [-0.1, -0.05) is 24.3 Å². The van der Waals surface area contributed by atoms with Gasteiger partial charge in [0.2, 0.25) is 10.0 Å². The summed E-state index contributed by atoms with van der Waals surface area (Å²) in [5, 5.41) is 3.77. The third-order valence-electron chi connectivity index (χ3n) is 5.47. The van der Waals surface area contributed by atoms with Crippen LogP contribution in [0.25, 0.3) is 0 Å². The minimum Gasteiger partial charge on any atom is -0.307 e. The number of hydrogen-bond acceptors (Lipinski definition) is 3. The Balaban J connectivity index is 1.67. The van der Waals surface area contributed by atoms with Crippen molar-refractivity contribution in [2.75, 3.05) is 25.9 Å². The number of piperidine rings is 1. The van der Waals surface area contributed by atoms with E-state index >= 15 is 0 Å². The molecule has 0 spiro atoms. The average molecular weight is 337 g/mol. The molecule has 3 rings (SSSR count). The third kappa shape index (κ3) is 3.78. The molecule has 1 saturated heterocycles. The molecule has 0 amide bonds. The maximum Gasteiger partial charge on any atom is 0.211 e. The van der Waals surface area contributed by atoms with Gasteiger partial charge in [-0.3, -0.25) is 0 Å². The fraction of sp³-hybridized carbons (Fsp3) is 0.667. The van der Waals surface area contributed by atoms with Gasteiger partial charge in [0, 0.05) is 25.2 Å². The second-order valence-corrected chi connectivity index (χ2v) is 9.34. The van der Waals surface area contributed by atoms with Crippen LogP contribution in [0.1, 0.15) is 43.7 Å². The highest BCUT2D eigenvalue weighted by atomic mass is 32.2. The molecule has 0 radical (unpaired) electrons. The van der Waals surface area contributed by atoms with Gasteiger partial charge in [-0.15, -0.1) is 0 Å². The fourth-order valence-corrected chi connectivity index (χ4v) is 5.03. The van der Waals surface area contributed by atoms with Gasteiger partial charge >= 0.3 is 0 Å². The normalized spacial score (nSPS) is 29.2. The van der Waals surface area contributed by atoms with Crippen molar-refractivity contribution in [3.63, 3.8) is 0 Å². The molecule has 0 bridgehead atoms. The summed E-state index contributed by atoms with van der Waals surface area (Å²) in [6.07, 6.45) is 6.91. The van der Waals surface area contributed by atoms with Crippen LogP contribution in [0.15, 0.2) is 24.3 Å². The van der Waals surface area contributed by atoms with Gasteiger partial charge in [0.1, 0.15) is 0 Å². The Morgan fingerprint density at radius 2 is 2.09 bits per heavy atom. The van der Waals surface area contributed by atoms with E-state index in [1.165, 1.54) is 30.2 Å². The number of sulfonamides is 1. The lowest BCUT2D eigenvalue weighted by molar-refractivity contribution is 0.226. The standard InChI is InChI=1S/C18H28N2O2S/c1-18(11-5-9-16-8-3-4-10-17(16)18)19-13-15-7-6-12-20(14-15)23(2,21)22/h3-4,8,10,15,19H,5-7,9,11-14H2,1-2H3/t15-,18-/m0/s1. The van der Waals surface area contributed by atoms with Crippen LogP contribution in [0, 0.1) is 5.92 Å². The van der Waals surface area contributed by atoms with Crippen molar-refractivity contribution in [2.24, 2.45) is 5.92 Å². The molecule has 1 heterocycles. The van der Waals surface area contributed by atoms with E-state index in [2.05, 4.69) is 36.5 Å². The molecule has 1 fully saturated rings. The van der Waals surface area contributed by atoms with Crippen LogP contribution in [0.5, 0.6) is 0 Å². The van der Waals surface area contributed by atoms with E-state index in [9.17, 15) is 8.42 Å². The topological polar surface area (TPSA) is 49.4 Å². The summed E-state index contributed by atoms with van der Waals surface area (Å²) in [6.45, 7) is 4.51. The summed E-state index contributed by atoms with van der Waals surface area (Å²) in [4.78, 5) is 0. The van der Waals surface area contributed by atoms with Crippen molar-refractivity contribution in [1.82, 2.24) is 9.62 Å². The molecule has 1 aliphatic heterocycles. The highest BCUT2D eigenvalue weighted by Crippen LogP contribution is 2.35. The highest BCUT2D eigenvalue weighted by Gasteiger charge is 2.33. The number of hydrogen-bond donors (Lipinski definition) is 1. The molecule has 1 aromatic rings. The Morgan fingerprint density at radius 1 is 1.30 bits per heavy atom. The van der Waals surface area contributed by atoms with Crippen molar-refractivity contribution in [3.05, 3.63) is 35.4 Å². The van der Waals surface area contributed by atoms with Crippen molar-refractivity contribution in [1.29, 1.82) is 0 Å². The van der Waals surface area contributed by atoms with Gasteiger partial charge < -0.3 is 5.32 Å². The lowest BCUT2D eigenvalue weighted by atomic mass is 9.77. The molecule has 0 unspecified atom stereocenters. The average Bonchev–Trinajstić information content (AvgIpc) is 2.53. The lowest BCUT2D eigenvalue weighted by Crippen LogP contribution is -2.48. The predicted octanol–water partition coefficient (Wildman–Crippen LogP) is 2.50. The minimum atomic E-state index is -3.06. The molecule has 0 aromatic heterocycles. The monoisotopic (exact) mass is 336 g/mol. The maximum absolute atomic E-state index is 11.8. The first kappa shape index (κ1) is 16.9. The number of nitrogens with one attached hydrogen (secondary N) is 1. The van der Waals surface area contributed by atoms with Crippen molar-refractivity contribution < 1.29 is 8.42 Å². The Hall–Kier alpha value is -0.910. The van der Waals surface area contributed by atoms with Gasteiger partial charge in [0.25, 0.3) is 0 Å². The molecule has 5 heteroatoms. The minimum absolute atomic E-state index is 0.0161. The van der Waals surface area contributed by atoms with Crippen LogP contribution >= 0.6 is 0 Å². The molecule has 23 heavy (non-hydrogen) atoms. The Bertz CT molecular complexity index is 659. The van der Waals surface area contributed by atoms with Crippen LogP contribution in [0.4, 0.5) is 0 Å². The lowest BCUT2D eigenvalue weighted by Gasteiger charge is -2.39. The maximum atomic E-state index is 11.8. The van der Waals surface area contributed by atoms with Gasteiger partial charge in [-0.2, -0.15) is 0 Å². The smallest absolute Gasteiger partial charge is 0.211 e. The van der Waals surface area contributed by atoms with Gasteiger partial charge in [0.05, 0.1) is 6.26 Å². The summed E-state index contributed by atoms with van der Waals surface area (Å²) >= 11 is 0. The van der Waals surface area contributed by atoms with Crippen LogP contribution in [0.3, 0.4) is 0 Å². The van der Waals surface area contributed by atoms with Crippen LogP contribution in [0.2, 0.25) is 0 Å².